The van der Waals surface area contributed by atoms with Gasteiger partial charge in [-0.25, -0.2) is 9.59 Å². The van der Waals surface area contributed by atoms with E-state index in [0.717, 1.165) is 11.1 Å². The van der Waals surface area contributed by atoms with Crippen LogP contribution in [0.25, 0.3) is 0 Å². The molecular formula is C19H17N3O4. The van der Waals surface area contributed by atoms with Gasteiger partial charge < -0.3 is 9.84 Å². The second-order valence-corrected chi connectivity index (χ2v) is 5.57. The Morgan fingerprint density at radius 3 is 2.23 bits per heavy atom. The van der Waals surface area contributed by atoms with E-state index in [1.807, 2.05) is 60.7 Å². The zero-order valence-electron chi connectivity index (χ0n) is 13.8. The minimum absolute atomic E-state index is 0.0495. The Kier molecular flexibility index (Phi) is 5.28. The van der Waals surface area contributed by atoms with E-state index in [4.69, 9.17) is 4.74 Å². The molecule has 0 atom stereocenters. The molecule has 3 rings (SSSR count). The maximum absolute atomic E-state index is 12.0. The summed E-state index contributed by atoms with van der Waals surface area (Å²) in [5.74, 6) is -1.23. The van der Waals surface area contributed by atoms with Crippen LogP contribution in [0.4, 0.5) is 10.6 Å². The highest BCUT2D eigenvalue weighted by atomic mass is 16.5. The number of aromatic carboxylic acids is 1. The van der Waals surface area contributed by atoms with E-state index >= 15 is 0 Å². The van der Waals surface area contributed by atoms with E-state index in [2.05, 4.69) is 10.4 Å². The van der Waals surface area contributed by atoms with Gasteiger partial charge in [-0.05, 0) is 11.1 Å². The molecule has 3 aromatic rings. The minimum Gasteiger partial charge on any atom is -0.477 e. The topological polar surface area (TPSA) is 93.5 Å². The fourth-order valence-corrected chi connectivity index (χ4v) is 2.38. The number of nitrogens with one attached hydrogen (secondary N) is 1. The fraction of sp³-hybridized carbons (Fsp3) is 0.105. The molecule has 0 aliphatic carbocycles. The summed E-state index contributed by atoms with van der Waals surface area (Å²) in [5, 5.41) is 15.9. The van der Waals surface area contributed by atoms with E-state index in [1.54, 1.807) is 0 Å². The van der Waals surface area contributed by atoms with Crippen molar-refractivity contribution in [3.63, 3.8) is 0 Å². The van der Waals surface area contributed by atoms with Gasteiger partial charge >= 0.3 is 12.1 Å². The third-order valence-corrected chi connectivity index (χ3v) is 3.61. The smallest absolute Gasteiger partial charge is 0.413 e. The van der Waals surface area contributed by atoms with Gasteiger partial charge in [-0.1, -0.05) is 60.7 Å². The first-order valence-corrected chi connectivity index (χ1v) is 7.94. The number of amides is 1. The Balaban J connectivity index is 1.68. The highest BCUT2D eigenvalue weighted by Crippen LogP contribution is 2.15. The van der Waals surface area contributed by atoms with E-state index in [-0.39, 0.29) is 18.0 Å². The fourth-order valence-electron chi connectivity index (χ4n) is 2.38. The summed E-state index contributed by atoms with van der Waals surface area (Å²) >= 11 is 0. The molecule has 1 heterocycles. The van der Waals surface area contributed by atoms with Crippen LogP contribution in [0.1, 0.15) is 21.5 Å². The molecule has 7 nitrogen and oxygen atoms in total. The lowest BCUT2D eigenvalue weighted by Gasteiger charge is -2.06. The second kappa shape index (κ2) is 7.98. The number of hydrogen-bond acceptors (Lipinski definition) is 4. The van der Waals surface area contributed by atoms with Crippen LogP contribution in [0.15, 0.2) is 66.9 Å². The van der Waals surface area contributed by atoms with Crippen LogP contribution in [-0.2, 0) is 17.9 Å². The molecule has 26 heavy (non-hydrogen) atoms. The van der Waals surface area contributed by atoms with E-state index < -0.39 is 12.1 Å². The number of carbonyl (C=O) groups excluding carboxylic acids is 1. The van der Waals surface area contributed by atoms with Crippen molar-refractivity contribution in [3.8, 4) is 0 Å². The highest BCUT2D eigenvalue weighted by Gasteiger charge is 2.18. The molecule has 0 fully saturated rings. The van der Waals surface area contributed by atoms with Crippen LogP contribution in [0.2, 0.25) is 0 Å². The molecule has 0 bridgehead atoms. The van der Waals surface area contributed by atoms with E-state index in [1.165, 1.54) is 10.9 Å². The number of rotatable bonds is 6. The van der Waals surface area contributed by atoms with E-state index in [9.17, 15) is 14.7 Å². The summed E-state index contributed by atoms with van der Waals surface area (Å²) < 4.78 is 6.57. The number of carbonyl (C=O) groups is 2. The summed E-state index contributed by atoms with van der Waals surface area (Å²) in [4.78, 5) is 23.4. The van der Waals surface area contributed by atoms with Crippen molar-refractivity contribution in [1.29, 1.82) is 0 Å². The van der Waals surface area contributed by atoms with Crippen molar-refractivity contribution in [3.05, 3.63) is 83.6 Å². The number of anilines is 1. The Bertz CT molecular complexity index is 892. The number of hydrogen-bond donors (Lipinski definition) is 2. The largest absolute Gasteiger partial charge is 0.477 e. The van der Waals surface area contributed by atoms with Gasteiger partial charge in [0.1, 0.15) is 12.2 Å². The first kappa shape index (κ1) is 17.2. The average molecular weight is 351 g/mol. The van der Waals surface area contributed by atoms with Crippen molar-refractivity contribution < 1.29 is 19.4 Å². The van der Waals surface area contributed by atoms with Gasteiger partial charge in [-0.3, -0.25) is 10.00 Å². The van der Waals surface area contributed by atoms with Crippen LogP contribution in [0.5, 0.6) is 0 Å². The number of aromatic nitrogens is 2. The van der Waals surface area contributed by atoms with Gasteiger partial charge in [0, 0.05) is 6.20 Å². The van der Waals surface area contributed by atoms with Crippen molar-refractivity contribution in [1.82, 2.24) is 9.78 Å². The third kappa shape index (κ3) is 4.47. The molecule has 0 spiro atoms. The highest BCUT2D eigenvalue weighted by molar-refractivity contribution is 5.97. The standard InChI is InChI=1S/C19H17N3O4/c23-18(24)16-12-22(11-14-7-3-1-4-8-14)21-17(16)20-19(25)26-13-15-9-5-2-6-10-15/h1-10,12H,11,13H2,(H,23,24)(H,20,21,25). The monoisotopic (exact) mass is 351 g/mol. The maximum Gasteiger partial charge on any atom is 0.413 e. The predicted octanol–water partition coefficient (Wildman–Crippen LogP) is 3.38. The Morgan fingerprint density at radius 1 is 1.00 bits per heavy atom. The SMILES string of the molecule is O=C(Nc1nn(Cc2ccccc2)cc1C(=O)O)OCc1ccccc1. The molecule has 2 aromatic carbocycles. The first-order valence-electron chi connectivity index (χ1n) is 7.94. The molecule has 1 amide bonds. The molecule has 2 N–H and O–H groups in total. The third-order valence-electron chi connectivity index (χ3n) is 3.61. The maximum atomic E-state index is 12.0. The van der Waals surface area contributed by atoms with Crippen LogP contribution in [0, 0.1) is 0 Å². The molecule has 1 aromatic heterocycles. The van der Waals surface area contributed by atoms with Gasteiger partial charge in [0.2, 0.25) is 0 Å². The molecule has 0 radical (unpaired) electrons. The number of carboxylic acid groups (broad SMARTS) is 1. The average Bonchev–Trinajstić information content (AvgIpc) is 3.04. The van der Waals surface area contributed by atoms with Crippen molar-refractivity contribution in [2.45, 2.75) is 13.2 Å². The molecule has 0 aliphatic heterocycles. The normalized spacial score (nSPS) is 10.3. The summed E-state index contributed by atoms with van der Waals surface area (Å²) in [6.45, 7) is 0.474. The summed E-state index contributed by atoms with van der Waals surface area (Å²) in [6.07, 6.45) is 0.614. The Labute approximate surface area is 149 Å². The summed E-state index contributed by atoms with van der Waals surface area (Å²) in [7, 11) is 0. The van der Waals surface area contributed by atoms with Crippen LogP contribution < -0.4 is 5.32 Å². The lowest BCUT2D eigenvalue weighted by molar-refractivity contribution is 0.0698. The van der Waals surface area contributed by atoms with Crippen LogP contribution in [0.3, 0.4) is 0 Å². The molecule has 0 saturated heterocycles. The lowest BCUT2D eigenvalue weighted by atomic mass is 10.2. The Hall–Kier alpha value is -3.61. The Morgan fingerprint density at radius 2 is 1.62 bits per heavy atom. The lowest BCUT2D eigenvalue weighted by Crippen LogP contribution is -2.16. The van der Waals surface area contributed by atoms with Crippen molar-refractivity contribution in [2.75, 3.05) is 5.32 Å². The number of benzene rings is 2. The number of carboxylic acids is 1. The van der Waals surface area contributed by atoms with Gasteiger partial charge in [-0.2, -0.15) is 5.10 Å². The van der Waals surface area contributed by atoms with Gasteiger partial charge in [0.05, 0.1) is 6.54 Å². The van der Waals surface area contributed by atoms with Crippen molar-refractivity contribution in [2.24, 2.45) is 0 Å². The summed E-state index contributed by atoms with van der Waals surface area (Å²) in [6, 6.07) is 18.7. The number of nitrogens with zero attached hydrogens (tertiary/aromatic N) is 2. The molecule has 0 saturated carbocycles. The molecule has 132 valence electrons. The number of ether oxygens (including phenoxy) is 1. The van der Waals surface area contributed by atoms with Gasteiger partial charge in [0.15, 0.2) is 5.82 Å². The zero-order chi connectivity index (χ0) is 18.4. The zero-order valence-corrected chi connectivity index (χ0v) is 13.8. The molecular weight excluding hydrogens is 334 g/mol. The molecule has 0 unspecified atom stereocenters. The molecule has 7 heteroatoms. The first-order chi connectivity index (χ1) is 12.6. The van der Waals surface area contributed by atoms with Gasteiger partial charge in [-0.15, -0.1) is 0 Å². The summed E-state index contributed by atoms with van der Waals surface area (Å²) in [5.41, 5.74) is 1.69. The molecule has 0 aliphatic rings. The van der Waals surface area contributed by atoms with E-state index in [0.29, 0.717) is 6.54 Å². The minimum atomic E-state index is -1.18. The predicted molar refractivity (Wildman–Crippen MR) is 95.0 cm³/mol. The van der Waals surface area contributed by atoms with Gasteiger partial charge in [0.25, 0.3) is 0 Å². The van der Waals surface area contributed by atoms with Crippen molar-refractivity contribution >= 4 is 17.9 Å². The van der Waals surface area contributed by atoms with Crippen LogP contribution in [-0.4, -0.2) is 26.9 Å². The van der Waals surface area contributed by atoms with Crippen LogP contribution >= 0.6 is 0 Å². The second-order valence-electron chi connectivity index (χ2n) is 5.57. The quantitative estimate of drug-likeness (QED) is 0.710.